The van der Waals surface area contributed by atoms with Crippen molar-refractivity contribution >= 4 is 34.2 Å². The molecule has 0 saturated carbocycles. The van der Waals surface area contributed by atoms with Crippen LogP contribution in [0.4, 0.5) is 5.69 Å². The van der Waals surface area contributed by atoms with Crippen molar-refractivity contribution < 1.29 is 9.32 Å². The third-order valence-electron chi connectivity index (χ3n) is 3.24. The van der Waals surface area contributed by atoms with Gasteiger partial charge < -0.3 is 9.84 Å². The summed E-state index contributed by atoms with van der Waals surface area (Å²) in [6.45, 7) is 1.90. The van der Waals surface area contributed by atoms with Crippen LogP contribution in [0.1, 0.15) is 11.3 Å². The van der Waals surface area contributed by atoms with Gasteiger partial charge in [-0.3, -0.25) is 4.79 Å². The van der Waals surface area contributed by atoms with Crippen LogP contribution in [-0.4, -0.2) is 11.1 Å². The van der Waals surface area contributed by atoms with E-state index >= 15 is 0 Å². The lowest BCUT2D eigenvalue weighted by Crippen LogP contribution is -2.15. The first-order valence-electron chi connectivity index (χ1n) is 6.53. The van der Waals surface area contributed by atoms with Gasteiger partial charge >= 0.3 is 0 Å². The number of anilines is 1. The number of aromatic nitrogens is 1. The highest BCUT2D eigenvalue weighted by Crippen LogP contribution is 2.21. The van der Waals surface area contributed by atoms with E-state index in [-0.39, 0.29) is 12.3 Å². The summed E-state index contributed by atoms with van der Waals surface area (Å²) in [4.78, 5) is 12.1. The first-order chi connectivity index (χ1) is 10.1. The average Bonchev–Trinajstić information content (AvgIpc) is 2.85. The van der Waals surface area contributed by atoms with Crippen molar-refractivity contribution in [3.05, 3.63) is 58.7 Å². The Hall–Kier alpha value is -2.33. The van der Waals surface area contributed by atoms with Gasteiger partial charge in [-0.25, -0.2) is 0 Å². The van der Waals surface area contributed by atoms with Crippen LogP contribution in [0.25, 0.3) is 11.0 Å². The Balaban J connectivity index is 1.77. The number of amides is 1. The minimum Gasteiger partial charge on any atom is -0.356 e. The normalized spacial score (nSPS) is 10.8. The molecule has 0 spiro atoms. The lowest BCUT2D eigenvalue weighted by molar-refractivity contribution is -0.115. The van der Waals surface area contributed by atoms with Crippen LogP contribution in [0.3, 0.4) is 0 Å². The molecule has 0 aliphatic heterocycles. The van der Waals surface area contributed by atoms with Crippen molar-refractivity contribution in [1.29, 1.82) is 0 Å². The van der Waals surface area contributed by atoms with Crippen LogP contribution in [0.15, 0.2) is 47.0 Å². The van der Waals surface area contributed by atoms with Gasteiger partial charge in [0.25, 0.3) is 0 Å². The topological polar surface area (TPSA) is 55.1 Å². The molecule has 0 radical (unpaired) electrons. The molecule has 106 valence electrons. The summed E-state index contributed by atoms with van der Waals surface area (Å²) in [6.07, 6.45) is 0.166. The molecular weight excluding hydrogens is 288 g/mol. The summed E-state index contributed by atoms with van der Waals surface area (Å²) in [7, 11) is 0. The number of nitrogens with one attached hydrogen (secondary N) is 1. The number of halogens is 1. The van der Waals surface area contributed by atoms with E-state index in [0.717, 1.165) is 16.6 Å². The molecule has 2 aromatic carbocycles. The maximum absolute atomic E-state index is 12.1. The number of carbonyl (C=O) groups is 1. The van der Waals surface area contributed by atoms with Crippen LogP contribution >= 0.6 is 11.6 Å². The largest absolute Gasteiger partial charge is 0.356 e. The number of benzene rings is 2. The average molecular weight is 301 g/mol. The third-order valence-corrected chi connectivity index (χ3v) is 3.48. The van der Waals surface area contributed by atoms with Crippen LogP contribution in [0, 0.1) is 6.92 Å². The fraction of sp³-hybridized carbons (Fsp3) is 0.125. The fourth-order valence-corrected chi connectivity index (χ4v) is 2.41. The molecule has 1 aromatic heterocycles. The van der Waals surface area contributed by atoms with E-state index < -0.39 is 0 Å². The van der Waals surface area contributed by atoms with Crippen LogP contribution in [0.5, 0.6) is 0 Å². The van der Waals surface area contributed by atoms with Gasteiger partial charge in [0, 0.05) is 16.1 Å². The summed E-state index contributed by atoms with van der Waals surface area (Å²) >= 11 is 5.90. The van der Waals surface area contributed by atoms with Crippen LogP contribution in [-0.2, 0) is 11.2 Å². The molecule has 5 heteroatoms. The minimum atomic E-state index is -0.139. The van der Waals surface area contributed by atoms with E-state index in [1.54, 1.807) is 12.1 Å². The Kier molecular flexibility index (Phi) is 3.62. The second-order valence-corrected chi connectivity index (χ2v) is 5.25. The van der Waals surface area contributed by atoms with Crippen molar-refractivity contribution in [2.45, 2.75) is 13.3 Å². The Bertz CT molecular complexity index is 811. The summed E-state index contributed by atoms with van der Waals surface area (Å²) in [5.74, 6) is -0.139. The van der Waals surface area contributed by atoms with E-state index in [1.807, 2.05) is 37.3 Å². The lowest BCUT2D eigenvalue weighted by atomic mass is 10.1. The van der Waals surface area contributed by atoms with Crippen molar-refractivity contribution in [2.24, 2.45) is 0 Å². The summed E-state index contributed by atoms with van der Waals surface area (Å²) in [6, 6.07) is 12.8. The van der Waals surface area contributed by atoms with E-state index in [4.69, 9.17) is 16.1 Å². The quantitative estimate of drug-likeness (QED) is 0.796. The molecule has 1 heterocycles. The van der Waals surface area contributed by atoms with E-state index in [9.17, 15) is 4.79 Å². The number of rotatable bonds is 3. The number of aryl methyl sites for hydroxylation is 1. The van der Waals surface area contributed by atoms with Gasteiger partial charge in [-0.2, -0.15) is 0 Å². The zero-order valence-corrected chi connectivity index (χ0v) is 12.1. The van der Waals surface area contributed by atoms with Gasteiger partial charge in [0.2, 0.25) is 5.91 Å². The first kappa shape index (κ1) is 13.6. The third kappa shape index (κ3) is 2.90. The Morgan fingerprint density at radius 3 is 2.90 bits per heavy atom. The van der Waals surface area contributed by atoms with Gasteiger partial charge in [0.15, 0.2) is 5.58 Å². The maximum Gasteiger partial charge on any atom is 0.230 e. The zero-order chi connectivity index (χ0) is 14.8. The SMILES string of the molecule is Cc1cc(Cl)ccc1NC(=O)Cc1noc2ccccc12. The number of carbonyl (C=O) groups excluding carboxylic acids is 1. The summed E-state index contributed by atoms with van der Waals surface area (Å²) < 4.78 is 5.19. The fourth-order valence-electron chi connectivity index (χ4n) is 2.18. The Morgan fingerprint density at radius 1 is 1.29 bits per heavy atom. The maximum atomic E-state index is 12.1. The molecule has 0 fully saturated rings. The molecule has 3 rings (SSSR count). The number of hydrogen-bond acceptors (Lipinski definition) is 3. The monoisotopic (exact) mass is 300 g/mol. The zero-order valence-electron chi connectivity index (χ0n) is 11.4. The predicted molar refractivity (Wildman–Crippen MR) is 82.5 cm³/mol. The first-order valence-corrected chi connectivity index (χ1v) is 6.90. The molecule has 0 bridgehead atoms. The lowest BCUT2D eigenvalue weighted by Gasteiger charge is -2.07. The summed E-state index contributed by atoms with van der Waals surface area (Å²) in [5.41, 5.74) is 2.98. The highest BCUT2D eigenvalue weighted by atomic mass is 35.5. The molecule has 4 nitrogen and oxygen atoms in total. The minimum absolute atomic E-state index is 0.139. The smallest absolute Gasteiger partial charge is 0.230 e. The van der Waals surface area contributed by atoms with Crippen molar-refractivity contribution in [2.75, 3.05) is 5.32 Å². The molecule has 3 aromatic rings. The summed E-state index contributed by atoms with van der Waals surface area (Å²) in [5, 5.41) is 8.33. The van der Waals surface area contributed by atoms with E-state index in [0.29, 0.717) is 16.3 Å². The molecule has 0 unspecified atom stereocenters. The van der Waals surface area contributed by atoms with Crippen molar-refractivity contribution in [3.8, 4) is 0 Å². The number of para-hydroxylation sites is 1. The van der Waals surface area contributed by atoms with Gasteiger partial charge in [-0.15, -0.1) is 0 Å². The predicted octanol–water partition coefficient (Wildman–Crippen LogP) is 3.97. The molecule has 0 aliphatic rings. The van der Waals surface area contributed by atoms with Crippen molar-refractivity contribution in [1.82, 2.24) is 5.16 Å². The standard InChI is InChI=1S/C16H13ClN2O2/c1-10-8-11(17)6-7-13(10)18-16(20)9-14-12-4-2-3-5-15(12)21-19-14/h2-8H,9H2,1H3,(H,18,20). The second kappa shape index (κ2) is 5.58. The van der Waals surface area contributed by atoms with Gasteiger partial charge in [0.1, 0.15) is 5.69 Å². The molecule has 0 atom stereocenters. The van der Waals surface area contributed by atoms with E-state index in [2.05, 4.69) is 10.5 Å². The molecule has 1 N–H and O–H groups in total. The van der Waals surface area contributed by atoms with Crippen LogP contribution in [0.2, 0.25) is 5.02 Å². The number of hydrogen-bond donors (Lipinski definition) is 1. The Morgan fingerprint density at radius 2 is 2.10 bits per heavy atom. The molecule has 21 heavy (non-hydrogen) atoms. The molecule has 0 saturated heterocycles. The molecule has 1 amide bonds. The number of fused-ring (bicyclic) bond motifs is 1. The van der Waals surface area contributed by atoms with Crippen LogP contribution < -0.4 is 5.32 Å². The second-order valence-electron chi connectivity index (χ2n) is 4.81. The Labute approximate surface area is 126 Å². The van der Waals surface area contributed by atoms with Crippen molar-refractivity contribution in [3.63, 3.8) is 0 Å². The van der Waals surface area contributed by atoms with Gasteiger partial charge in [0.05, 0.1) is 6.42 Å². The van der Waals surface area contributed by atoms with Gasteiger partial charge in [-0.1, -0.05) is 28.9 Å². The molecular formula is C16H13ClN2O2. The highest BCUT2D eigenvalue weighted by molar-refractivity contribution is 6.30. The van der Waals surface area contributed by atoms with Gasteiger partial charge in [-0.05, 0) is 42.8 Å². The molecule has 0 aliphatic carbocycles. The number of nitrogens with zero attached hydrogens (tertiary/aromatic N) is 1. The van der Waals surface area contributed by atoms with E-state index in [1.165, 1.54) is 0 Å². The highest BCUT2D eigenvalue weighted by Gasteiger charge is 2.12.